The number of urea groups is 1. The van der Waals surface area contributed by atoms with E-state index in [2.05, 4.69) is 41.4 Å². The summed E-state index contributed by atoms with van der Waals surface area (Å²) in [5.74, 6) is -0.429. The largest absolute Gasteiger partial charge is 0.462 e. The molecule has 0 aliphatic carbocycles. The molecule has 0 radical (unpaired) electrons. The van der Waals surface area contributed by atoms with Gasteiger partial charge in [-0.2, -0.15) is 0 Å². The molecule has 1 aliphatic heterocycles. The Morgan fingerprint density at radius 1 is 1.00 bits per heavy atom. The summed E-state index contributed by atoms with van der Waals surface area (Å²) in [7, 11) is 0. The second-order valence-electron chi connectivity index (χ2n) is 6.89. The molecule has 28 heavy (non-hydrogen) atoms. The molecule has 0 bridgehead atoms. The van der Waals surface area contributed by atoms with E-state index in [1.165, 1.54) is 11.1 Å². The molecule has 148 valence electrons. The Morgan fingerprint density at radius 3 is 2.39 bits per heavy atom. The van der Waals surface area contributed by atoms with Crippen LogP contribution in [-0.4, -0.2) is 54.6 Å². The highest BCUT2D eigenvalue weighted by molar-refractivity contribution is 6.00. The third-order valence-electron chi connectivity index (χ3n) is 4.98. The number of carbonyl (C=O) groups is 2. The maximum Gasteiger partial charge on any atom is 0.340 e. The number of nitrogens with one attached hydrogen (secondary N) is 1. The molecule has 2 aromatic carbocycles. The van der Waals surface area contributed by atoms with Crippen molar-refractivity contribution < 1.29 is 14.3 Å². The molecule has 1 saturated heterocycles. The van der Waals surface area contributed by atoms with Crippen molar-refractivity contribution >= 4 is 17.7 Å². The molecule has 0 unspecified atom stereocenters. The van der Waals surface area contributed by atoms with Gasteiger partial charge in [-0.1, -0.05) is 36.4 Å². The molecular weight excluding hydrogens is 354 g/mol. The van der Waals surface area contributed by atoms with Gasteiger partial charge in [-0.05, 0) is 37.1 Å². The Balaban J connectivity index is 1.56. The minimum atomic E-state index is -0.429. The highest BCUT2D eigenvalue weighted by Gasteiger charge is 2.23. The number of amides is 2. The molecule has 0 saturated carbocycles. The molecule has 6 heteroatoms. The highest BCUT2D eigenvalue weighted by atomic mass is 16.5. The van der Waals surface area contributed by atoms with Gasteiger partial charge in [-0.15, -0.1) is 0 Å². The highest BCUT2D eigenvalue weighted by Crippen LogP contribution is 2.18. The first-order valence-corrected chi connectivity index (χ1v) is 9.67. The lowest BCUT2D eigenvalue weighted by Gasteiger charge is -2.35. The van der Waals surface area contributed by atoms with E-state index in [1.54, 1.807) is 36.1 Å². The Labute approximate surface area is 166 Å². The van der Waals surface area contributed by atoms with E-state index in [0.29, 0.717) is 30.9 Å². The van der Waals surface area contributed by atoms with Crippen LogP contribution >= 0.6 is 0 Å². The third kappa shape index (κ3) is 4.89. The molecule has 1 fully saturated rings. The topological polar surface area (TPSA) is 61.9 Å². The standard InChI is InChI=1S/C22H27N3O3/c1-3-28-21(26)19-10-6-7-11-20(19)23-22(27)25-14-12-24(13-15-25)16-18-9-5-4-8-17(18)2/h4-11H,3,12-16H2,1-2H3,(H,23,27). The van der Waals surface area contributed by atoms with Crippen LogP contribution in [0.5, 0.6) is 0 Å². The number of benzene rings is 2. The van der Waals surface area contributed by atoms with Gasteiger partial charge >= 0.3 is 12.0 Å². The monoisotopic (exact) mass is 381 g/mol. The number of carbonyl (C=O) groups excluding carboxylic acids is 2. The zero-order valence-electron chi connectivity index (χ0n) is 16.5. The summed E-state index contributed by atoms with van der Waals surface area (Å²) < 4.78 is 5.07. The van der Waals surface area contributed by atoms with Crippen molar-refractivity contribution in [3.05, 3.63) is 65.2 Å². The maximum absolute atomic E-state index is 12.7. The molecule has 1 heterocycles. The van der Waals surface area contributed by atoms with Gasteiger partial charge in [0, 0.05) is 32.7 Å². The Morgan fingerprint density at radius 2 is 1.68 bits per heavy atom. The van der Waals surface area contributed by atoms with E-state index in [4.69, 9.17) is 4.74 Å². The van der Waals surface area contributed by atoms with Crippen molar-refractivity contribution in [1.29, 1.82) is 0 Å². The van der Waals surface area contributed by atoms with Crippen LogP contribution in [-0.2, 0) is 11.3 Å². The van der Waals surface area contributed by atoms with Crippen LogP contribution in [0.3, 0.4) is 0 Å². The van der Waals surface area contributed by atoms with Gasteiger partial charge in [-0.25, -0.2) is 9.59 Å². The summed E-state index contributed by atoms with van der Waals surface area (Å²) in [6.45, 7) is 8.02. The van der Waals surface area contributed by atoms with E-state index in [0.717, 1.165) is 19.6 Å². The Kier molecular flexibility index (Phi) is 6.66. The smallest absolute Gasteiger partial charge is 0.340 e. The normalized spacial score (nSPS) is 14.6. The number of nitrogens with zero attached hydrogens (tertiary/aromatic N) is 2. The number of hydrogen-bond acceptors (Lipinski definition) is 4. The fourth-order valence-corrected chi connectivity index (χ4v) is 3.31. The first kappa shape index (κ1) is 19.9. The van der Waals surface area contributed by atoms with E-state index < -0.39 is 5.97 Å². The summed E-state index contributed by atoms with van der Waals surface area (Å²) in [4.78, 5) is 28.9. The second kappa shape index (κ2) is 9.37. The minimum absolute atomic E-state index is 0.188. The van der Waals surface area contributed by atoms with E-state index in [1.807, 2.05) is 0 Å². The van der Waals surface area contributed by atoms with Gasteiger partial charge in [0.05, 0.1) is 17.9 Å². The molecular formula is C22H27N3O3. The van der Waals surface area contributed by atoms with Gasteiger partial charge < -0.3 is 15.0 Å². The number of ether oxygens (including phenoxy) is 1. The minimum Gasteiger partial charge on any atom is -0.462 e. The summed E-state index contributed by atoms with van der Waals surface area (Å²) in [6.07, 6.45) is 0. The summed E-state index contributed by atoms with van der Waals surface area (Å²) in [5, 5.41) is 2.86. The van der Waals surface area contributed by atoms with Gasteiger partial charge in [-0.3, -0.25) is 4.90 Å². The predicted molar refractivity (Wildman–Crippen MR) is 109 cm³/mol. The quantitative estimate of drug-likeness (QED) is 0.805. The number of anilines is 1. The fraction of sp³-hybridized carbons (Fsp3) is 0.364. The number of esters is 1. The van der Waals surface area contributed by atoms with Crippen molar-refractivity contribution in [2.45, 2.75) is 20.4 Å². The number of rotatable bonds is 5. The van der Waals surface area contributed by atoms with Crippen LogP contribution in [0.4, 0.5) is 10.5 Å². The molecule has 2 amide bonds. The Bertz CT molecular complexity index is 829. The Hall–Kier alpha value is -2.86. The summed E-state index contributed by atoms with van der Waals surface area (Å²) in [6, 6.07) is 15.1. The van der Waals surface area contributed by atoms with Gasteiger partial charge in [0.25, 0.3) is 0 Å². The molecule has 3 rings (SSSR count). The maximum atomic E-state index is 12.7. The molecule has 1 N–H and O–H groups in total. The van der Waals surface area contributed by atoms with Crippen molar-refractivity contribution in [3.8, 4) is 0 Å². The van der Waals surface area contributed by atoms with Gasteiger partial charge in [0.1, 0.15) is 0 Å². The first-order chi connectivity index (χ1) is 13.6. The first-order valence-electron chi connectivity index (χ1n) is 9.67. The van der Waals surface area contributed by atoms with E-state index in [9.17, 15) is 9.59 Å². The van der Waals surface area contributed by atoms with Crippen molar-refractivity contribution in [3.63, 3.8) is 0 Å². The van der Waals surface area contributed by atoms with Crippen molar-refractivity contribution in [1.82, 2.24) is 9.80 Å². The molecule has 0 atom stereocenters. The van der Waals surface area contributed by atoms with Crippen LogP contribution in [0.25, 0.3) is 0 Å². The summed E-state index contributed by atoms with van der Waals surface area (Å²) in [5.41, 5.74) is 3.46. The second-order valence-corrected chi connectivity index (χ2v) is 6.89. The molecule has 0 aromatic heterocycles. The van der Waals surface area contributed by atoms with Crippen LogP contribution < -0.4 is 5.32 Å². The molecule has 2 aromatic rings. The zero-order chi connectivity index (χ0) is 19.9. The van der Waals surface area contributed by atoms with Crippen LogP contribution in [0.15, 0.2) is 48.5 Å². The van der Waals surface area contributed by atoms with E-state index >= 15 is 0 Å². The average molecular weight is 381 g/mol. The summed E-state index contributed by atoms with van der Waals surface area (Å²) >= 11 is 0. The molecule has 1 aliphatic rings. The van der Waals surface area contributed by atoms with Crippen LogP contribution in [0.1, 0.15) is 28.4 Å². The number of aryl methyl sites for hydroxylation is 1. The number of para-hydroxylation sites is 1. The van der Waals surface area contributed by atoms with E-state index in [-0.39, 0.29) is 6.03 Å². The van der Waals surface area contributed by atoms with Crippen LogP contribution in [0.2, 0.25) is 0 Å². The SMILES string of the molecule is CCOC(=O)c1ccccc1NC(=O)N1CCN(Cc2ccccc2C)CC1. The number of piperazine rings is 1. The van der Waals surface area contributed by atoms with Crippen LogP contribution in [0, 0.1) is 6.92 Å². The zero-order valence-corrected chi connectivity index (χ0v) is 16.5. The fourth-order valence-electron chi connectivity index (χ4n) is 3.31. The molecule has 6 nitrogen and oxygen atoms in total. The lowest BCUT2D eigenvalue weighted by molar-refractivity contribution is 0.0527. The average Bonchev–Trinajstić information content (AvgIpc) is 2.71. The van der Waals surface area contributed by atoms with Crippen molar-refractivity contribution in [2.24, 2.45) is 0 Å². The predicted octanol–water partition coefficient (Wildman–Crippen LogP) is 3.52. The molecule has 0 spiro atoms. The number of hydrogen-bond donors (Lipinski definition) is 1. The third-order valence-corrected chi connectivity index (χ3v) is 4.98. The lowest BCUT2D eigenvalue weighted by atomic mass is 10.1. The lowest BCUT2D eigenvalue weighted by Crippen LogP contribution is -2.49. The van der Waals surface area contributed by atoms with Gasteiger partial charge in [0.15, 0.2) is 0 Å². The van der Waals surface area contributed by atoms with Crippen molar-refractivity contribution in [2.75, 3.05) is 38.1 Å². The van der Waals surface area contributed by atoms with Gasteiger partial charge in [0.2, 0.25) is 0 Å².